The van der Waals surface area contributed by atoms with E-state index in [1.165, 1.54) is 23.5 Å². The van der Waals surface area contributed by atoms with Crippen molar-refractivity contribution in [1.29, 1.82) is 0 Å². The van der Waals surface area contributed by atoms with E-state index in [9.17, 15) is 9.59 Å². The first kappa shape index (κ1) is 18.0. The molecule has 0 atom stereocenters. The highest BCUT2D eigenvalue weighted by atomic mass is 35.5. The summed E-state index contributed by atoms with van der Waals surface area (Å²) in [5.74, 6) is -1.16. The smallest absolute Gasteiger partial charge is 0.350 e. The molecule has 0 aliphatic carbocycles. The normalized spacial score (nSPS) is 10.7. The molecule has 3 aromatic rings. The third kappa shape index (κ3) is 4.25. The number of esters is 1. The number of rotatable bonds is 4. The van der Waals surface area contributed by atoms with Gasteiger partial charge in [-0.25, -0.2) is 4.79 Å². The van der Waals surface area contributed by atoms with Crippen molar-refractivity contribution in [2.75, 3.05) is 11.9 Å². The quantitative estimate of drug-likeness (QED) is 0.561. The van der Waals surface area contributed by atoms with Gasteiger partial charge in [0.25, 0.3) is 5.91 Å². The Bertz CT molecular complexity index is 951. The molecule has 1 heterocycles. The Hall–Kier alpha value is -1.79. The predicted molar refractivity (Wildman–Crippen MR) is 102 cm³/mol. The van der Waals surface area contributed by atoms with Crippen LogP contribution in [0, 0.1) is 0 Å². The molecule has 0 radical (unpaired) electrons. The van der Waals surface area contributed by atoms with Gasteiger partial charge in [-0.1, -0.05) is 53.0 Å². The number of fused-ring (bicyclic) bond motifs is 1. The molecule has 0 spiro atoms. The predicted octanol–water partition coefficient (Wildman–Crippen LogP) is 5.66. The molecule has 0 saturated carbocycles. The van der Waals surface area contributed by atoms with Gasteiger partial charge < -0.3 is 10.1 Å². The first-order valence-corrected chi connectivity index (χ1v) is 8.99. The van der Waals surface area contributed by atoms with Gasteiger partial charge in [0, 0.05) is 25.8 Å². The van der Waals surface area contributed by atoms with Gasteiger partial charge in [0.05, 0.1) is 5.02 Å². The molecule has 4 nitrogen and oxygen atoms in total. The summed E-state index contributed by atoms with van der Waals surface area (Å²) in [6, 6.07) is 12.0. The zero-order valence-corrected chi connectivity index (χ0v) is 15.6. The summed E-state index contributed by atoms with van der Waals surface area (Å²) in [6.07, 6.45) is 0. The summed E-state index contributed by atoms with van der Waals surface area (Å²) in [6.45, 7) is -0.451. The fourth-order valence-electron chi connectivity index (χ4n) is 2.17. The molecule has 0 unspecified atom stereocenters. The standard InChI is InChI=1S/C17H10Cl3NO3S/c18-9-5-10(19)7-11(6-9)21-14(22)8-24-17(23)16-15(20)12-3-1-2-4-13(12)25-16/h1-7H,8H2,(H,21,22). The van der Waals surface area contributed by atoms with Gasteiger partial charge in [-0.05, 0) is 24.3 Å². The summed E-state index contributed by atoms with van der Waals surface area (Å²) in [5, 5.41) is 4.43. The highest BCUT2D eigenvalue weighted by molar-refractivity contribution is 7.21. The van der Waals surface area contributed by atoms with E-state index in [-0.39, 0.29) is 4.88 Å². The summed E-state index contributed by atoms with van der Waals surface area (Å²) in [7, 11) is 0. The number of anilines is 1. The molecule has 1 aromatic heterocycles. The summed E-state index contributed by atoms with van der Waals surface area (Å²) >= 11 is 19.2. The largest absolute Gasteiger partial charge is 0.451 e. The summed E-state index contributed by atoms with van der Waals surface area (Å²) < 4.78 is 5.91. The van der Waals surface area contributed by atoms with E-state index in [1.807, 2.05) is 24.3 Å². The molecule has 0 bridgehead atoms. The molecule has 1 amide bonds. The minimum atomic E-state index is -0.648. The fourth-order valence-corrected chi connectivity index (χ4v) is 4.09. The number of nitrogens with one attached hydrogen (secondary N) is 1. The Labute approximate surface area is 162 Å². The second-order valence-corrected chi connectivity index (χ2v) is 7.33. The second kappa shape index (κ2) is 7.62. The lowest BCUT2D eigenvalue weighted by Crippen LogP contribution is -2.20. The van der Waals surface area contributed by atoms with Crippen LogP contribution in [0.15, 0.2) is 42.5 Å². The van der Waals surface area contributed by atoms with Crippen LogP contribution in [0.5, 0.6) is 0 Å². The number of hydrogen-bond donors (Lipinski definition) is 1. The molecule has 2 aromatic carbocycles. The molecule has 1 N–H and O–H groups in total. The molecule has 8 heteroatoms. The summed E-state index contributed by atoms with van der Waals surface area (Å²) in [5.41, 5.74) is 0.415. The Balaban J connectivity index is 1.65. The lowest BCUT2D eigenvalue weighted by molar-refractivity contribution is -0.119. The van der Waals surface area contributed by atoms with Crippen molar-refractivity contribution in [3.63, 3.8) is 0 Å². The van der Waals surface area contributed by atoms with Crippen LogP contribution >= 0.6 is 46.1 Å². The van der Waals surface area contributed by atoms with Gasteiger partial charge in [0.15, 0.2) is 6.61 Å². The molecular weight excluding hydrogens is 405 g/mol. The number of amides is 1. The number of hydrogen-bond acceptors (Lipinski definition) is 4. The van der Waals surface area contributed by atoms with Crippen molar-refractivity contribution in [3.8, 4) is 0 Å². The second-order valence-electron chi connectivity index (χ2n) is 5.02. The van der Waals surface area contributed by atoms with Gasteiger partial charge in [-0.3, -0.25) is 4.79 Å². The minimum Gasteiger partial charge on any atom is -0.451 e. The average molecular weight is 415 g/mol. The molecule has 0 aliphatic heterocycles. The molecular formula is C17H10Cl3NO3S. The van der Waals surface area contributed by atoms with Crippen molar-refractivity contribution in [2.24, 2.45) is 0 Å². The number of carbonyl (C=O) groups is 2. The van der Waals surface area contributed by atoms with E-state index in [0.717, 1.165) is 10.1 Å². The Morgan fingerprint density at radius 3 is 2.40 bits per heavy atom. The Morgan fingerprint density at radius 2 is 1.72 bits per heavy atom. The van der Waals surface area contributed by atoms with Crippen molar-refractivity contribution >= 4 is 73.8 Å². The zero-order chi connectivity index (χ0) is 18.0. The van der Waals surface area contributed by atoms with Crippen LogP contribution in [0.2, 0.25) is 15.1 Å². The third-order valence-electron chi connectivity index (χ3n) is 3.20. The summed E-state index contributed by atoms with van der Waals surface area (Å²) in [4.78, 5) is 24.4. The molecule has 3 rings (SSSR count). The zero-order valence-electron chi connectivity index (χ0n) is 12.5. The maximum atomic E-state index is 12.2. The van der Waals surface area contributed by atoms with Gasteiger partial charge >= 0.3 is 5.97 Å². The number of carbonyl (C=O) groups excluding carboxylic acids is 2. The lowest BCUT2D eigenvalue weighted by atomic mass is 10.2. The van der Waals surface area contributed by atoms with Gasteiger partial charge in [0.1, 0.15) is 4.88 Å². The molecule has 25 heavy (non-hydrogen) atoms. The van der Waals surface area contributed by atoms with Gasteiger partial charge in [0.2, 0.25) is 0 Å². The van der Waals surface area contributed by atoms with Crippen molar-refractivity contribution < 1.29 is 14.3 Å². The number of ether oxygens (including phenoxy) is 1. The average Bonchev–Trinajstić information content (AvgIpc) is 2.89. The van der Waals surface area contributed by atoms with Crippen LogP contribution in [0.4, 0.5) is 5.69 Å². The van der Waals surface area contributed by atoms with Crippen LogP contribution in [-0.2, 0) is 9.53 Å². The van der Waals surface area contributed by atoms with Crippen LogP contribution in [0.25, 0.3) is 10.1 Å². The van der Waals surface area contributed by atoms with Gasteiger partial charge in [-0.2, -0.15) is 0 Å². The molecule has 0 saturated heterocycles. The number of benzene rings is 2. The number of thiophene rings is 1. The van der Waals surface area contributed by atoms with Crippen LogP contribution in [0.3, 0.4) is 0 Å². The Kier molecular flexibility index (Phi) is 5.49. The van der Waals surface area contributed by atoms with E-state index in [4.69, 9.17) is 39.5 Å². The minimum absolute atomic E-state index is 0.265. The Morgan fingerprint density at radius 1 is 1.04 bits per heavy atom. The topological polar surface area (TPSA) is 55.4 Å². The van der Waals surface area contributed by atoms with E-state index < -0.39 is 18.5 Å². The van der Waals surface area contributed by atoms with E-state index in [0.29, 0.717) is 20.8 Å². The lowest BCUT2D eigenvalue weighted by Gasteiger charge is -2.07. The fraction of sp³-hybridized carbons (Fsp3) is 0.0588. The first-order chi connectivity index (χ1) is 11.9. The maximum Gasteiger partial charge on any atom is 0.350 e. The van der Waals surface area contributed by atoms with Crippen LogP contribution in [-0.4, -0.2) is 18.5 Å². The monoisotopic (exact) mass is 413 g/mol. The number of halogens is 3. The first-order valence-electron chi connectivity index (χ1n) is 7.04. The highest BCUT2D eigenvalue weighted by Gasteiger charge is 2.19. The van der Waals surface area contributed by atoms with Crippen LogP contribution < -0.4 is 5.32 Å². The molecule has 0 fully saturated rings. The maximum absolute atomic E-state index is 12.2. The van der Waals surface area contributed by atoms with E-state index in [1.54, 1.807) is 6.07 Å². The van der Waals surface area contributed by atoms with E-state index >= 15 is 0 Å². The van der Waals surface area contributed by atoms with Crippen molar-refractivity contribution in [3.05, 3.63) is 62.4 Å². The highest BCUT2D eigenvalue weighted by Crippen LogP contribution is 2.35. The van der Waals surface area contributed by atoms with Crippen molar-refractivity contribution in [1.82, 2.24) is 0 Å². The van der Waals surface area contributed by atoms with Crippen molar-refractivity contribution in [2.45, 2.75) is 0 Å². The SMILES string of the molecule is O=C(COC(=O)c1sc2ccccc2c1Cl)Nc1cc(Cl)cc(Cl)c1. The van der Waals surface area contributed by atoms with Gasteiger partial charge in [-0.15, -0.1) is 11.3 Å². The molecule has 0 aliphatic rings. The van der Waals surface area contributed by atoms with Crippen LogP contribution in [0.1, 0.15) is 9.67 Å². The third-order valence-corrected chi connectivity index (χ3v) is 5.29. The van der Waals surface area contributed by atoms with E-state index in [2.05, 4.69) is 5.32 Å². The molecule has 128 valence electrons.